The molecule has 2 aromatic carbocycles. The number of aliphatic hydroxyl groups is 2. The summed E-state index contributed by atoms with van der Waals surface area (Å²) in [7, 11) is 0. The maximum absolute atomic E-state index is 10.6. The first-order chi connectivity index (χ1) is 11.4. The second-order valence-electron chi connectivity index (χ2n) is 5.01. The Morgan fingerprint density at radius 1 is 0.680 bits per heavy atom. The van der Waals surface area contributed by atoms with Crippen LogP contribution in [0, 0.1) is 0 Å². The molecule has 25 heavy (non-hydrogen) atoms. The van der Waals surface area contributed by atoms with Crippen molar-refractivity contribution in [3.05, 3.63) is 83.9 Å². The molecule has 0 spiro atoms. The molecular weight excluding hydrogens is 411 g/mol. The molecule has 2 rings (SSSR count). The standard InChI is InChI=1S/2C10H10O2.Pd/c2*1-8(11)7-10(12)9-5-3-2-4-6-9;/h2*2-7,12H,1H3;/b2*10-7-;. The van der Waals surface area contributed by atoms with Gasteiger partial charge >= 0.3 is 0 Å². The molecule has 4 nitrogen and oxygen atoms in total. The molecule has 0 fully saturated rings. The van der Waals surface area contributed by atoms with Gasteiger partial charge in [-0.25, -0.2) is 0 Å². The van der Waals surface area contributed by atoms with Crippen LogP contribution in [0.25, 0.3) is 11.5 Å². The van der Waals surface area contributed by atoms with E-state index in [-0.39, 0.29) is 43.5 Å². The molecule has 0 amide bonds. The predicted octanol–water partition coefficient (Wildman–Crippen LogP) is 4.35. The Kier molecular flexibility index (Phi) is 10.8. The summed E-state index contributed by atoms with van der Waals surface area (Å²) in [6, 6.07) is 17.9. The van der Waals surface area contributed by atoms with Gasteiger partial charge in [0.2, 0.25) is 0 Å². The summed E-state index contributed by atoms with van der Waals surface area (Å²) in [5.41, 5.74) is 1.32. The Morgan fingerprint density at radius 2 is 0.960 bits per heavy atom. The van der Waals surface area contributed by atoms with Gasteiger partial charge in [-0.2, -0.15) is 0 Å². The summed E-state index contributed by atoms with van der Waals surface area (Å²) in [6.07, 6.45) is 2.41. The van der Waals surface area contributed by atoms with Crippen LogP contribution >= 0.6 is 0 Å². The van der Waals surface area contributed by atoms with Gasteiger partial charge in [0.25, 0.3) is 0 Å². The number of allylic oxidation sites excluding steroid dienone is 2. The van der Waals surface area contributed by atoms with Gasteiger partial charge in [0, 0.05) is 43.7 Å². The van der Waals surface area contributed by atoms with Gasteiger partial charge in [0.1, 0.15) is 11.5 Å². The Balaban J connectivity index is 0.000000443. The first-order valence-electron chi connectivity index (χ1n) is 7.33. The van der Waals surface area contributed by atoms with Crippen LogP contribution in [0.2, 0.25) is 0 Å². The van der Waals surface area contributed by atoms with E-state index in [1.54, 1.807) is 48.5 Å². The van der Waals surface area contributed by atoms with Crippen molar-refractivity contribution >= 4 is 23.1 Å². The van der Waals surface area contributed by atoms with E-state index in [4.69, 9.17) is 0 Å². The molecule has 134 valence electrons. The molecule has 0 heterocycles. The van der Waals surface area contributed by atoms with E-state index in [0.29, 0.717) is 11.1 Å². The molecule has 0 radical (unpaired) electrons. The van der Waals surface area contributed by atoms with Crippen LogP contribution < -0.4 is 0 Å². The molecule has 0 aromatic heterocycles. The number of rotatable bonds is 4. The summed E-state index contributed by atoms with van der Waals surface area (Å²) >= 11 is 0. The number of aliphatic hydroxyl groups excluding tert-OH is 2. The van der Waals surface area contributed by atoms with E-state index >= 15 is 0 Å². The van der Waals surface area contributed by atoms with Gasteiger partial charge in [-0.1, -0.05) is 60.7 Å². The van der Waals surface area contributed by atoms with Crippen LogP contribution in [0.5, 0.6) is 0 Å². The van der Waals surface area contributed by atoms with Crippen LogP contribution in [0.1, 0.15) is 25.0 Å². The number of hydrogen-bond acceptors (Lipinski definition) is 4. The molecule has 0 aliphatic heterocycles. The van der Waals surface area contributed by atoms with Crippen molar-refractivity contribution in [3.8, 4) is 0 Å². The fourth-order valence-corrected chi connectivity index (χ4v) is 1.77. The monoisotopic (exact) mass is 430 g/mol. The molecular formula is C20H20O4Pd. The summed E-state index contributed by atoms with van der Waals surface area (Å²) in [5, 5.41) is 18.7. The molecule has 0 saturated heterocycles. The first kappa shape index (κ1) is 22.5. The molecule has 0 atom stereocenters. The maximum atomic E-state index is 10.6. The zero-order valence-electron chi connectivity index (χ0n) is 14.0. The molecule has 2 N–H and O–H groups in total. The van der Waals surface area contributed by atoms with Gasteiger partial charge in [0.15, 0.2) is 11.6 Å². The van der Waals surface area contributed by atoms with Crippen molar-refractivity contribution in [2.45, 2.75) is 13.8 Å². The van der Waals surface area contributed by atoms with E-state index in [2.05, 4.69) is 0 Å². The number of carbonyl (C=O) groups excluding carboxylic acids is 2. The third kappa shape index (κ3) is 9.41. The second-order valence-corrected chi connectivity index (χ2v) is 5.01. The number of ketones is 2. The van der Waals surface area contributed by atoms with Gasteiger partial charge in [0.05, 0.1) is 0 Å². The van der Waals surface area contributed by atoms with Crippen molar-refractivity contribution < 1.29 is 40.2 Å². The average Bonchev–Trinajstić information content (AvgIpc) is 2.56. The molecule has 5 heteroatoms. The van der Waals surface area contributed by atoms with E-state index in [9.17, 15) is 19.8 Å². The maximum Gasteiger partial charge on any atom is 0.156 e. The summed E-state index contributed by atoms with van der Waals surface area (Å²) in [6.45, 7) is 2.80. The van der Waals surface area contributed by atoms with Gasteiger partial charge in [-0.05, 0) is 13.8 Å². The third-order valence-electron chi connectivity index (χ3n) is 2.82. The Bertz CT molecular complexity index is 669. The first-order valence-corrected chi connectivity index (χ1v) is 7.33. The average molecular weight is 431 g/mol. The van der Waals surface area contributed by atoms with Crippen LogP contribution in [-0.2, 0) is 30.0 Å². The predicted molar refractivity (Wildman–Crippen MR) is 95.5 cm³/mol. The number of hydrogen-bond donors (Lipinski definition) is 2. The van der Waals surface area contributed by atoms with Crippen molar-refractivity contribution in [1.82, 2.24) is 0 Å². The Labute approximate surface area is 161 Å². The molecule has 2 aromatic rings. The third-order valence-corrected chi connectivity index (χ3v) is 2.82. The minimum Gasteiger partial charge on any atom is -0.507 e. The molecule has 0 aliphatic rings. The Morgan fingerprint density at radius 3 is 1.20 bits per heavy atom. The quantitative estimate of drug-likeness (QED) is 0.430. The van der Waals surface area contributed by atoms with Crippen molar-refractivity contribution in [1.29, 1.82) is 0 Å². The van der Waals surface area contributed by atoms with Gasteiger partial charge in [-0.3, -0.25) is 9.59 Å². The minimum atomic E-state index is -0.156. The van der Waals surface area contributed by atoms with Gasteiger partial charge in [-0.15, -0.1) is 0 Å². The fraction of sp³-hybridized carbons (Fsp3) is 0.100. The van der Waals surface area contributed by atoms with E-state index in [0.717, 1.165) is 0 Å². The molecule has 0 saturated carbocycles. The number of carbonyl (C=O) groups is 2. The van der Waals surface area contributed by atoms with Crippen LogP contribution in [0.4, 0.5) is 0 Å². The van der Waals surface area contributed by atoms with E-state index in [1.807, 2.05) is 12.1 Å². The summed E-state index contributed by atoms with van der Waals surface area (Å²) < 4.78 is 0. The molecule has 0 bridgehead atoms. The van der Waals surface area contributed by atoms with Crippen LogP contribution in [-0.4, -0.2) is 21.8 Å². The largest absolute Gasteiger partial charge is 0.507 e. The van der Waals surface area contributed by atoms with Crippen LogP contribution in [0.3, 0.4) is 0 Å². The Hall–Kier alpha value is -2.48. The summed E-state index contributed by atoms with van der Waals surface area (Å²) in [5.74, 6) is -0.279. The van der Waals surface area contributed by atoms with E-state index in [1.165, 1.54) is 26.0 Å². The SMILES string of the molecule is CC(=O)/C=C(\O)c1ccccc1.CC(=O)/C=C(\O)c1ccccc1.[Pd]. The van der Waals surface area contributed by atoms with Crippen molar-refractivity contribution in [2.75, 3.05) is 0 Å². The van der Waals surface area contributed by atoms with Crippen LogP contribution in [0.15, 0.2) is 72.8 Å². The molecule has 0 aliphatic carbocycles. The van der Waals surface area contributed by atoms with Crippen molar-refractivity contribution in [2.24, 2.45) is 0 Å². The smallest absolute Gasteiger partial charge is 0.156 e. The zero-order chi connectivity index (χ0) is 17.9. The molecule has 0 unspecified atom stereocenters. The van der Waals surface area contributed by atoms with Crippen molar-refractivity contribution in [3.63, 3.8) is 0 Å². The number of benzene rings is 2. The summed E-state index contributed by atoms with van der Waals surface area (Å²) in [4.78, 5) is 21.2. The van der Waals surface area contributed by atoms with Gasteiger partial charge < -0.3 is 10.2 Å². The van der Waals surface area contributed by atoms with E-state index < -0.39 is 0 Å². The normalized spacial score (nSPS) is 10.8. The second kappa shape index (κ2) is 12.0. The minimum absolute atomic E-state index is 0. The topological polar surface area (TPSA) is 74.6 Å². The zero-order valence-corrected chi connectivity index (χ0v) is 15.5. The fourth-order valence-electron chi connectivity index (χ4n) is 1.77.